The minimum absolute atomic E-state index is 0.0707. The first-order valence-corrected chi connectivity index (χ1v) is 11.5. The average molecular weight is 464 g/mol. The average Bonchev–Trinajstić information content (AvgIpc) is 3.55. The van der Waals surface area contributed by atoms with E-state index in [0.29, 0.717) is 17.2 Å². The number of aromatic nitrogens is 1. The van der Waals surface area contributed by atoms with Crippen LogP contribution in [-0.2, 0) is 4.74 Å². The van der Waals surface area contributed by atoms with Crippen LogP contribution in [0.2, 0.25) is 0 Å². The number of aliphatic hydroxyl groups is 2. The maximum Gasteiger partial charge on any atom is 0.164 e. The molecule has 2 fully saturated rings. The van der Waals surface area contributed by atoms with E-state index < -0.39 is 24.5 Å². The summed E-state index contributed by atoms with van der Waals surface area (Å²) in [5, 5.41) is 25.6. The number of ether oxygens (including phenoxy) is 2. The summed E-state index contributed by atoms with van der Waals surface area (Å²) in [6, 6.07) is 9.70. The maximum absolute atomic E-state index is 10.6. The van der Waals surface area contributed by atoms with E-state index in [-0.39, 0.29) is 6.61 Å². The van der Waals surface area contributed by atoms with Gasteiger partial charge < -0.3 is 29.9 Å². The van der Waals surface area contributed by atoms with Crippen LogP contribution in [0.3, 0.4) is 0 Å². The van der Waals surface area contributed by atoms with E-state index in [1.807, 2.05) is 30.3 Å². The van der Waals surface area contributed by atoms with Crippen LogP contribution in [0.25, 0.3) is 10.9 Å². The Bertz CT molecular complexity index is 1160. The minimum atomic E-state index is -1.15. The molecule has 9 nitrogen and oxygen atoms in total. The van der Waals surface area contributed by atoms with E-state index in [0.717, 1.165) is 29.2 Å². The minimum Gasteiger partial charge on any atom is -0.491 e. The van der Waals surface area contributed by atoms with Gasteiger partial charge in [0, 0.05) is 36.8 Å². The quantitative estimate of drug-likeness (QED) is 0.407. The van der Waals surface area contributed by atoms with Gasteiger partial charge in [-0.05, 0) is 49.1 Å². The van der Waals surface area contributed by atoms with Crippen LogP contribution >= 0.6 is 0 Å². The molecule has 178 valence electrons. The number of aliphatic imine (C=N–C) groups is 2. The molecule has 5 rings (SSSR count). The number of nitrogens with one attached hydrogen (secondary N) is 1. The number of rotatable bonds is 8. The molecule has 1 aromatic heterocycles. The van der Waals surface area contributed by atoms with E-state index in [4.69, 9.17) is 9.47 Å². The van der Waals surface area contributed by atoms with Gasteiger partial charge in [0.15, 0.2) is 6.23 Å². The molecule has 0 spiro atoms. The van der Waals surface area contributed by atoms with Crippen molar-refractivity contribution in [2.45, 2.75) is 37.4 Å². The van der Waals surface area contributed by atoms with Crippen molar-refractivity contribution in [3.8, 4) is 5.75 Å². The van der Waals surface area contributed by atoms with Crippen molar-refractivity contribution in [1.82, 2.24) is 9.88 Å². The van der Waals surface area contributed by atoms with Crippen LogP contribution in [0.15, 0.2) is 64.7 Å². The Morgan fingerprint density at radius 1 is 1.26 bits per heavy atom. The first kappa shape index (κ1) is 22.5. The van der Waals surface area contributed by atoms with Gasteiger partial charge in [0.05, 0.1) is 5.52 Å². The predicted octanol–water partition coefficient (Wildman–Crippen LogP) is 2.32. The number of hydrogen-bond acceptors (Lipinski definition) is 7. The van der Waals surface area contributed by atoms with Crippen molar-refractivity contribution < 1.29 is 19.7 Å². The molecule has 3 N–H and O–H groups in total. The normalized spacial score (nSPS) is 28.0. The highest BCUT2D eigenvalue weighted by atomic mass is 16.6. The van der Waals surface area contributed by atoms with Gasteiger partial charge in [-0.1, -0.05) is 6.58 Å². The summed E-state index contributed by atoms with van der Waals surface area (Å²) in [6.45, 7) is 4.97. The zero-order valence-electron chi connectivity index (χ0n) is 19.0. The van der Waals surface area contributed by atoms with Crippen LogP contribution in [-0.4, -0.2) is 77.0 Å². The lowest BCUT2D eigenvalue weighted by molar-refractivity contribution is -0.0543. The van der Waals surface area contributed by atoms with Crippen molar-refractivity contribution in [2.24, 2.45) is 15.9 Å². The number of fused-ring (bicyclic) bond motifs is 1. The van der Waals surface area contributed by atoms with Crippen molar-refractivity contribution in [1.29, 1.82) is 0 Å². The van der Waals surface area contributed by atoms with Crippen molar-refractivity contribution in [3.05, 3.63) is 54.8 Å². The van der Waals surface area contributed by atoms with Gasteiger partial charge in [-0.2, -0.15) is 0 Å². The molecular weight excluding hydrogens is 434 g/mol. The van der Waals surface area contributed by atoms with E-state index in [9.17, 15) is 10.2 Å². The lowest BCUT2D eigenvalue weighted by Gasteiger charge is -2.26. The maximum atomic E-state index is 10.6. The smallest absolute Gasteiger partial charge is 0.164 e. The largest absolute Gasteiger partial charge is 0.491 e. The van der Waals surface area contributed by atoms with Gasteiger partial charge in [-0.15, -0.1) is 0 Å². The second kappa shape index (κ2) is 9.54. The van der Waals surface area contributed by atoms with E-state index >= 15 is 0 Å². The molecule has 0 unspecified atom stereocenters. The highest BCUT2D eigenvalue weighted by Gasteiger charge is 2.47. The Balaban J connectivity index is 1.24. The molecular formula is C25H29N5O4. The molecule has 1 saturated carbocycles. The third kappa shape index (κ3) is 4.68. The molecule has 2 aliphatic heterocycles. The first-order valence-electron chi connectivity index (χ1n) is 11.5. The van der Waals surface area contributed by atoms with E-state index in [1.165, 1.54) is 19.2 Å². The molecule has 0 radical (unpaired) electrons. The van der Waals surface area contributed by atoms with E-state index in [1.54, 1.807) is 24.2 Å². The molecule has 0 bridgehead atoms. The standard InChI is InChI=1S/C25H29N5O4/c1-15-9-10-30(24(15)28-14-26-2)25-23(32)22(31)20(34-25)13-33-18-7-5-17-6-8-21(29-19(17)11-18)27-12-16-3-4-16/h5-11,14,16,20,22-23,25,31-32H,1,3-4,12-13H2,2H3,(H,27,29)/b26-14-,28-24+/t20-,22-,23-,25-/m1/s1. The van der Waals surface area contributed by atoms with E-state index in [2.05, 4.69) is 26.9 Å². The number of nitrogens with zero attached hydrogens (tertiary/aromatic N) is 4. The SMILES string of the molecule is C=C1C=CN([C@@H]2O[C@H](COc3ccc4ccc(NCC5CC5)nc4c3)[C@@H](O)[C@H]2O)/C1=N/C=N\C. The molecule has 1 aromatic carbocycles. The Labute approximate surface area is 198 Å². The molecule has 2 aromatic rings. The van der Waals surface area contributed by atoms with Gasteiger partial charge in [0.1, 0.15) is 48.7 Å². The van der Waals surface area contributed by atoms with Gasteiger partial charge in [-0.25, -0.2) is 9.98 Å². The van der Waals surface area contributed by atoms with Gasteiger partial charge in [-0.3, -0.25) is 4.99 Å². The first-order chi connectivity index (χ1) is 16.5. The summed E-state index contributed by atoms with van der Waals surface area (Å²) >= 11 is 0. The number of aliphatic hydroxyl groups excluding tert-OH is 2. The molecule has 1 aliphatic carbocycles. The Hall–Kier alpha value is -3.27. The molecule has 1 saturated heterocycles. The van der Waals surface area contributed by atoms with Crippen LogP contribution in [0.4, 0.5) is 5.82 Å². The fourth-order valence-corrected chi connectivity index (χ4v) is 4.08. The van der Waals surface area contributed by atoms with Crippen LogP contribution < -0.4 is 10.1 Å². The topological polar surface area (TPSA) is 112 Å². The third-order valence-corrected chi connectivity index (χ3v) is 6.22. The summed E-state index contributed by atoms with van der Waals surface area (Å²) in [5.41, 5.74) is 1.49. The van der Waals surface area contributed by atoms with Crippen molar-refractivity contribution >= 4 is 28.9 Å². The van der Waals surface area contributed by atoms with Crippen LogP contribution in [0, 0.1) is 5.92 Å². The summed E-state index contributed by atoms with van der Waals surface area (Å²) in [4.78, 5) is 14.5. The molecule has 3 heterocycles. The number of pyridine rings is 1. The Morgan fingerprint density at radius 2 is 2.09 bits per heavy atom. The second-order valence-corrected chi connectivity index (χ2v) is 8.81. The predicted molar refractivity (Wildman–Crippen MR) is 131 cm³/mol. The van der Waals surface area contributed by atoms with Gasteiger partial charge in [0.25, 0.3) is 0 Å². The number of amidine groups is 1. The molecule has 0 amide bonds. The third-order valence-electron chi connectivity index (χ3n) is 6.22. The van der Waals surface area contributed by atoms with Crippen LogP contribution in [0.1, 0.15) is 12.8 Å². The zero-order valence-corrected chi connectivity index (χ0v) is 19.0. The highest BCUT2D eigenvalue weighted by Crippen LogP contribution is 2.30. The van der Waals surface area contributed by atoms with Crippen LogP contribution in [0.5, 0.6) is 5.75 Å². The Morgan fingerprint density at radius 3 is 2.88 bits per heavy atom. The highest BCUT2D eigenvalue weighted by molar-refractivity contribution is 6.06. The molecule has 4 atom stereocenters. The monoisotopic (exact) mass is 463 g/mol. The number of anilines is 1. The lowest BCUT2D eigenvalue weighted by Crippen LogP contribution is -2.43. The fraction of sp³-hybridized carbons (Fsp3) is 0.400. The second-order valence-electron chi connectivity index (χ2n) is 8.81. The summed E-state index contributed by atoms with van der Waals surface area (Å²) in [7, 11) is 1.62. The lowest BCUT2D eigenvalue weighted by atomic mass is 10.1. The van der Waals surface area contributed by atoms with Gasteiger partial charge >= 0.3 is 0 Å². The zero-order chi connectivity index (χ0) is 23.7. The Kier molecular flexibility index (Phi) is 6.32. The molecule has 34 heavy (non-hydrogen) atoms. The number of benzene rings is 1. The summed E-state index contributed by atoms with van der Waals surface area (Å²) in [6.07, 6.45) is 3.65. The molecule has 3 aliphatic rings. The summed E-state index contributed by atoms with van der Waals surface area (Å²) in [5.74, 6) is 2.74. The van der Waals surface area contributed by atoms with Crippen molar-refractivity contribution in [3.63, 3.8) is 0 Å². The molecule has 9 heteroatoms. The number of hydrogen-bond donors (Lipinski definition) is 3. The fourth-order valence-electron chi connectivity index (χ4n) is 4.08. The summed E-state index contributed by atoms with van der Waals surface area (Å²) < 4.78 is 11.9. The van der Waals surface area contributed by atoms with Gasteiger partial charge in [0.2, 0.25) is 0 Å². The van der Waals surface area contributed by atoms with Crippen molar-refractivity contribution in [2.75, 3.05) is 25.5 Å².